The zero-order valence-corrected chi connectivity index (χ0v) is 13.0. The lowest BCUT2D eigenvalue weighted by molar-refractivity contribution is 0.236. The second-order valence-electron chi connectivity index (χ2n) is 5.40. The van der Waals surface area contributed by atoms with Gasteiger partial charge in [-0.05, 0) is 43.7 Å². The van der Waals surface area contributed by atoms with E-state index in [-0.39, 0.29) is 0 Å². The van der Waals surface area contributed by atoms with E-state index in [1.807, 2.05) is 18.2 Å². The van der Waals surface area contributed by atoms with E-state index in [1.54, 1.807) is 26.6 Å². The zero-order chi connectivity index (χ0) is 15.4. The van der Waals surface area contributed by atoms with Crippen LogP contribution in [0, 0.1) is 0 Å². The Balaban J connectivity index is 1.86. The average Bonchev–Trinajstić information content (AvgIpc) is 3.03. The van der Waals surface area contributed by atoms with Gasteiger partial charge in [0.1, 0.15) is 17.3 Å². The molecule has 0 aliphatic carbocycles. The number of likely N-dealkylation sites (tertiary alicyclic amines) is 1. The second-order valence-corrected chi connectivity index (χ2v) is 5.40. The maximum Gasteiger partial charge on any atom is 0.142 e. The van der Waals surface area contributed by atoms with Crippen LogP contribution in [0.2, 0.25) is 0 Å². The van der Waals surface area contributed by atoms with E-state index < -0.39 is 0 Å². The van der Waals surface area contributed by atoms with E-state index in [0.717, 1.165) is 43.3 Å². The second kappa shape index (κ2) is 6.75. The van der Waals surface area contributed by atoms with Crippen molar-refractivity contribution < 1.29 is 9.47 Å². The molecule has 22 heavy (non-hydrogen) atoms. The molecule has 1 aromatic heterocycles. The van der Waals surface area contributed by atoms with Crippen LogP contribution >= 0.6 is 0 Å². The van der Waals surface area contributed by atoms with Gasteiger partial charge in [0.15, 0.2) is 0 Å². The fraction of sp³-hybridized carbons (Fsp3) is 0.412. The van der Waals surface area contributed by atoms with Crippen molar-refractivity contribution >= 4 is 0 Å². The maximum absolute atomic E-state index is 5.54. The quantitative estimate of drug-likeness (QED) is 0.849. The summed E-state index contributed by atoms with van der Waals surface area (Å²) >= 11 is 0. The molecule has 3 rings (SSSR count). The molecular weight excluding hydrogens is 278 g/mol. The first-order valence-electron chi connectivity index (χ1n) is 7.53. The van der Waals surface area contributed by atoms with Gasteiger partial charge < -0.3 is 9.47 Å². The molecule has 0 amide bonds. The molecule has 1 fully saturated rings. The summed E-state index contributed by atoms with van der Waals surface area (Å²) in [6, 6.07) is 8.14. The van der Waals surface area contributed by atoms with Crippen LogP contribution in [-0.4, -0.2) is 35.6 Å². The summed E-state index contributed by atoms with van der Waals surface area (Å²) in [5.41, 5.74) is 1.18. The van der Waals surface area contributed by atoms with Crippen molar-refractivity contribution in [1.82, 2.24) is 14.9 Å². The molecule has 5 nitrogen and oxygen atoms in total. The van der Waals surface area contributed by atoms with Gasteiger partial charge in [-0.2, -0.15) is 0 Å². The highest BCUT2D eigenvalue weighted by molar-refractivity contribution is 5.42. The molecule has 1 saturated heterocycles. The van der Waals surface area contributed by atoms with Crippen LogP contribution < -0.4 is 9.47 Å². The summed E-state index contributed by atoms with van der Waals surface area (Å²) in [6.45, 7) is 1.80. The smallest absolute Gasteiger partial charge is 0.142 e. The fourth-order valence-electron chi connectivity index (χ4n) is 3.06. The summed E-state index contributed by atoms with van der Waals surface area (Å²) in [5.74, 6) is 2.63. The van der Waals surface area contributed by atoms with Gasteiger partial charge in [-0.25, -0.2) is 9.97 Å². The molecule has 0 N–H and O–H groups in total. The van der Waals surface area contributed by atoms with Gasteiger partial charge >= 0.3 is 0 Å². The van der Waals surface area contributed by atoms with E-state index in [4.69, 9.17) is 9.47 Å². The standard InChI is InChI=1S/C17H21N3O2/c1-21-13-6-7-16(22-2)14(11-13)15-5-3-10-20(15)12-17-18-8-4-9-19-17/h4,6-9,11,15H,3,5,10,12H2,1-2H3/t15-/m1/s1. The first-order chi connectivity index (χ1) is 10.8. The van der Waals surface area contributed by atoms with Crippen LogP contribution in [0.5, 0.6) is 11.5 Å². The van der Waals surface area contributed by atoms with Gasteiger partial charge in [-0.1, -0.05) is 0 Å². The zero-order valence-electron chi connectivity index (χ0n) is 13.0. The summed E-state index contributed by atoms with van der Waals surface area (Å²) in [5, 5.41) is 0. The topological polar surface area (TPSA) is 47.5 Å². The Morgan fingerprint density at radius 3 is 2.73 bits per heavy atom. The number of nitrogens with zero attached hydrogens (tertiary/aromatic N) is 3. The molecule has 1 aromatic carbocycles. The largest absolute Gasteiger partial charge is 0.497 e. The Labute approximate surface area is 130 Å². The lowest BCUT2D eigenvalue weighted by Crippen LogP contribution is -2.24. The van der Waals surface area contributed by atoms with Crippen LogP contribution in [-0.2, 0) is 6.54 Å². The minimum absolute atomic E-state index is 0.314. The number of aromatic nitrogens is 2. The van der Waals surface area contributed by atoms with E-state index in [9.17, 15) is 0 Å². The maximum atomic E-state index is 5.54. The molecular formula is C17H21N3O2. The first kappa shape index (κ1) is 14.8. The van der Waals surface area contributed by atoms with Crippen molar-refractivity contribution in [3.8, 4) is 11.5 Å². The number of ether oxygens (including phenoxy) is 2. The van der Waals surface area contributed by atoms with Crippen molar-refractivity contribution in [3.05, 3.63) is 48.0 Å². The average molecular weight is 299 g/mol. The third-order valence-electron chi connectivity index (χ3n) is 4.12. The molecule has 0 spiro atoms. The number of rotatable bonds is 5. The molecule has 5 heteroatoms. The molecule has 1 aliphatic rings. The Hall–Kier alpha value is -2.14. The molecule has 2 aromatic rings. The monoisotopic (exact) mass is 299 g/mol. The Bertz CT molecular complexity index is 619. The predicted octanol–water partition coefficient (Wildman–Crippen LogP) is 2.83. The summed E-state index contributed by atoms with van der Waals surface area (Å²) in [4.78, 5) is 11.1. The molecule has 0 bridgehead atoms. The normalized spacial score (nSPS) is 18.4. The predicted molar refractivity (Wildman–Crippen MR) is 84.0 cm³/mol. The number of methoxy groups -OCH3 is 2. The summed E-state index contributed by atoms with van der Waals surface area (Å²) < 4.78 is 10.9. The minimum Gasteiger partial charge on any atom is -0.497 e. The van der Waals surface area contributed by atoms with E-state index >= 15 is 0 Å². The third kappa shape index (κ3) is 3.04. The van der Waals surface area contributed by atoms with Crippen LogP contribution in [0.25, 0.3) is 0 Å². The summed E-state index contributed by atoms with van der Waals surface area (Å²) in [6.07, 6.45) is 5.85. The SMILES string of the molecule is COc1ccc(OC)c([C@H]2CCCN2Cc2ncccn2)c1. The molecule has 116 valence electrons. The lowest BCUT2D eigenvalue weighted by atomic mass is 10.0. The highest BCUT2D eigenvalue weighted by Gasteiger charge is 2.29. The molecule has 1 aliphatic heterocycles. The van der Waals surface area contributed by atoms with Crippen LogP contribution in [0.4, 0.5) is 0 Å². The lowest BCUT2D eigenvalue weighted by Gasteiger charge is -2.25. The minimum atomic E-state index is 0.314. The van der Waals surface area contributed by atoms with Crippen LogP contribution in [0.1, 0.15) is 30.3 Å². The Morgan fingerprint density at radius 2 is 2.00 bits per heavy atom. The summed E-state index contributed by atoms with van der Waals surface area (Å²) in [7, 11) is 3.40. The van der Waals surface area contributed by atoms with Gasteiger partial charge in [0, 0.05) is 24.0 Å². The van der Waals surface area contributed by atoms with Crippen molar-refractivity contribution in [3.63, 3.8) is 0 Å². The van der Waals surface area contributed by atoms with Crippen LogP contribution in [0.3, 0.4) is 0 Å². The highest BCUT2D eigenvalue weighted by atomic mass is 16.5. The highest BCUT2D eigenvalue weighted by Crippen LogP contribution is 2.39. The number of hydrogen-bond donors (Lipinski definition) is 0. The van der Waals surface area contributed by atoms with E-state index in [1.165, 1.54) is 5.56 Å². The number of hydrogen-bond acceptors (Lipinski definition) is 5. The van der Waals surface area contributed by atoms with E-state index in [2.05, 4.69) is 20.9 Å². The molecule has 0 radical (unpaired) electrons. The van der Waals surface area contributed by atoms with Crippen molar-refractivity contribution in [2.75, 3.05) is 20.8 Å². The van der Waals surface area contributed by atoms with Gasteiger partial charge in [0.2, 0.25) is 0 Å². The molecule has 0 saturated carbocycles. The number of benzene rings is 1. The third-order valence-corrected chi connectivity index (χ3v) is 4.12. The molecule has 1 atom stereocenters. The van der Waals surface area contributed by atoms with Crippen molar-refractivity contribution in [2.45, 2.75) is 25.4 Å². The van der Waals surface area contributed by atoms with Crippen LogP contribution in [0.15, 0.2) is 36.7 Å². The first-order valence-corrected chi connectivity index (χ1v) is 7.53. The fourth-order valence-corrected chi connectivity index (χ4v) is 3.06. The van der Waals surface area contributed by atoms with Gasteiger partial charge in [-0.15, -0.1) is 0 Å². The molecule has 2 heterocycles. The van der Waals surface area contributed by atoms with E-state index in [0.29, 0.717) is 6.04 Å². The van der Waals surface area contributed by atoms with Crippen molar-refractivity contribution in [2.24, 2.45) is 0 Å². The van der Waals surface area contributed by atoms with Gasteiger partial charge in [0.05, 0.1) is 20.8 Å². The van der Waals surface area contributed by atoms with Crippen molar-refractivity contribution in [1.29, 1.82) is 0 Å². The Kier molecular flexibility index (Phi) is 4.53. The Morgan fingerprint density at radius 1 is 1.18 bits per heavy atom. The molecule has 0 unspecified atom stereocenters. The van der Waals surface area contributed by atoms with Gasteiger partial charge in [-0.3, -0.25) is 4.90 Å². The van der Waals surface area contributed by atoms with Gasteiger partial charge in [0.25, 0.3) is 0 Å².